The lowest BCUT2D eigenvalue weighted by molar-refractivity contribution is 0.0782. The first-order valence-corrected chi connectivity index (χ1v) is 13.0. The van der Waals surface area contributed by atoms with Crippen molar-refractivity contribution in [2.24, 2.45) is 0 Å². The van der Waals surface area contributed by atoms with E-state index in [0.717, 1.165) is 36.6 Å². The molecule has 11 heteroatoms. The van der Waals surface area contributed by atoms with Gasteiger partial charge >= 0.3 is 0 Å². The Kier molecular flexibility index (Phi) is 6.13. The highest BCUT2D eigenvalue weighted by molar-refractivity contribution is 5.95. The molecule has 1 saturated heterocycles. The van der Waals surface area contributed by atoms with Gasteiger partial charge in [-0.2, -0.15) is 4.98 Å². The van der Waals surface area contributed by atoms with E-state index in [1.165, 1.54) is 12.8 Å². The van der Waals surface area contributed by atoms with E-state index in [-0.39, 0.29) is 18.5 Å². The molecule has 2 aromatic heterocycles. The van der Waals surface area contributed by atoms with E-state index in [1.807, 2.05) is 4.57 Å². The van der Waals surface area contributed by atoms with Crippen LogP contribution in [0.5, 0.6) is 5.75 Å². The maximum Gasteiger partial charge on any atom is 0.254 e. The number of rotatable bonds is 6. The summed E-state index contributed by atoms with van der Waals surface area (Å²) in [6.07, 6.45) is 8.51. The monoisotopic (exact) mass is 506 g/mol. The molecule has 0 radical (unpaired) electrons. The molecule has 194 valence electrons. The summed E-state index contributed by atoms with van der Waals surface area (Å²) >= 11 is 0. The molecule has 0 unspecified atom stereocenters. The summed E-state index contributed by atoms with van der Waals surface area (Å²) in [6.45, 7) is 2.73. The predicted octanol–water partition coefficient (Wildman–Crippen LogP) is 4.21. The Morgan fingerprint density at radius 1 is 1.24 bits per heavy atom. The summed E-state index contributed by atoms with van der Waals surface area (Å²) < 4.78 is 21.2. The second kappa shape index (κ2) is 9.60. The van der Waals surface area contributed by atoms with E-state index in [4.69, 9.17) is 9.72 Å². The van der Waals surface area contributed by atoms with Crippen molar-refractivity contribution in [1.29, 1.82) is 0 Å². The average molecular weight is 507 g/mol. The Bertz CT molecular complexity index is 1310. The van der Waals surface area contributed by atoms with Gasteiger partial charge in [0.25, 0.3) is 5.91 Å². The third-order valence-corrected chi connectivity index (χ3v) is 7.68. The Morgan fingerprint density at radius 3 is 2.81 bits per heavy atom. The molecule has 3 aromatic rings. The van der Waals surface area contributed by atoms with Crippen LogP contribution in [0.4, 0.5) is 21.8 Å². The maximum atomic E-state index is 13.6. The fourth-order valence-corrected chi connectivity index (χ4v) is 5.84. The van der Waals surface area contributed by atoms with Crippen LogP contribution in [-0.2, 0) is 0 Å². The summed E-state index contributed by atoms with van der Waals surface area (Å²) in [4.78, 5) is 26.3. The van der Waals surface area contributed by atoms with Gasteiger partial charge < -0.3 is 19.9 Å². The molecule has 1 N–H and O–H groups in total. The SMILES string of the molecule is CC[C@@H]1c2nncn2-c2cnc(Nc3ccc(C(=O)N4CC[C@H](F)C4)cc3OC)nc2N1C1CCCC1. The van der Waals surface area contributed by atoms with Crippen molar-refractivity contribution in [3.05, 3.63) is 42.1 Å². The van der Waals surface area contributed by atoms with E-state index in [0.29, 0.717) is 42.0 Å². The van der Waals surface area contributed by atoms with Crippen LogP contribution in [-0.4, -0.2) is 68.0 Å². The van der Waals surface area contributed by atoms with Gasteiger partial charge in [0.1, 0.15) is 23.9 Å². The summed E-state index contributed by atoms with van der Waals surface area (Å²) in [6, 6.07) is 5.66. The van der Waals surface area contributed by atoms with Crippen molar-refractivity contribution >= 4 is 23.4 Å². The number of carbonyl (C=O) groups is 1. The Morgan fingerprint density at radius 2 is 2.08 bits per heavy atom. The number of hydrogen-bond acceptors (Lipinski definition) is 8. The highest BCUT2D eigenvalue weighted by Crippen LogP contribution is 2.43. The topological polar surface area (TPSA) is 101 Å². The number of hydrogen-bond donors (Lipinski definition) is 1. The fourth-order valence-electron chi connectivity index (χ4n) is 5.84. The number of fused-ring (bicyclic) bond motifs is 3. The number of benzene rings is 1. The van der Waals surface area contributed by atoms with Crippen molar-refractivity contribution in [3.63, 3.8) is 0 Å². The zero-order valence-electron chi connectivity index (χ0n) is 21.1. The quantitative estimate of drug-likeness (QED) is 0.531. The Hall–Kier alpha value is -3.76. The minimum atomic E-state index is -0.960. The number of nitrogens with zero attached hydrogens (tertiary/aromatic N) is 7. The molecule has 0 bridgehead atoms. The Balaban J connectivity index is 1.32. The van der Waals surface area contributed by atoms with Crippen LogP contribution in [0.1, 0.15) is 67.7 Å². The van der Waals surface area contributed by atoms with Gasteiger partial charge in [0.2, 0.25) is 5.95 Å². The minimum absolute atomic E-state index is 0.0928. The first-order valence-electron chi connectivity index (χ1n) is 13.0. The zero-order chi connectivity index (χ0) is 25.5. The first kappa shape index (κ1) is 23.6. The normalized spacial score (nSPS) is 21.2. The van der Waals surface area contributed by atoms with Gasteiger partial charge in [-0.3, -0.25) is 9.36 Å². The van der Waals surface area contributed by atoms with Crippen LogP contribution < -0.4 is 15.0 Å². The number of amides is 1. The van der Waals surface area contributed by atoms with Crippen LogP contribution in [0, 0.1) is 0 Å². The van der Waals surface area contributed by atoms with Crippen molar-refractivity contribution in [3.8, 4) is 11.4 Å². The first-order chi connectivity index (χ1) is 18.1. The fraction of sp³-hybridized carbons (Fsp3) is 0.500. The second-order valence-corrected chi connectivity index (χ2v) is 9.91. The van der Waals surface area contributed by atoms with Crippen LogP contribution in [0.3, 0.4) is 0 Å². The molecular weight excluding hydrogens is 475 g/mol. The summed E-state index contributed by atoms with van der Waals surface area (Å²) in [5, 5.41) is 11.9. The lowest BCUT2D eigenvalue weighted by Crippen LogP contribution is -2.42. The number of carbonyl (C=O) groups excluding carboxylic acids is 1. The molecule has 1 aromatic carbocycles. The summed E-state index contributed by atoms with van der Waals surface area (Å²) in [7, 11) is 1.55. The molecule has 3 aliphatic rings. The predicted molar refractivity (Wildman–Crippen MR) is 136 cm³/mol. The van der Waals surface area contributed by atoms with Crippen molar-refractivity contribution in [2.75, 3.05) is 30.4 Å². The molecule has 1 saturated carbocycles. The molecule has 2 aliphatic heterocycles. The zero-order valence-corrected chi connectivity index (χ0v) is 21.1. The summed E-state index contributed by atoms with van der Waals surface area (Å²) in [5.74, 6) is 2.51. The van der Waals surface area contributed by atoms with E-state index in [1.54, 1.807) is 42.7 Å². The third-order valence-electron chi connectivity index (χ3n) is 7.68. The van der Waals surface area contributed by atoms with Crippen LogP contribution in [0.25, 0.3) is 5.69 Å². The number of aromatic nitrogens is 5. The standard InChI is InChI=1S/C26H31FN8O2/c1-3-20-24-32-29-15-34(24)21-13-28-26(31-23(21)35(20)18-6-4-5-7-18)30-19-9-8-16(12-22(19)37-2)25(36)33-11-10-17(27)14-33/h8-9,12-13,15,17-18,20H,3-7,10-11,14H2,1-2H3,(H,28,30,31)/t17-,20+/m0/s1. The number of methoxy groups -OCH3 is 1. The lowest BCUT2D eigenvalue weighted by atomic mass is 10.0. The smallest absolute Gasteiger partial charge is 0.254 e. The molecule has 1 aliphatic carbocycles. The highest BCUT2D eigenvalue weighted by Gasteiger charge is 2.38. The van der Waals surface area contributed by atoms with E-state index >= 15 is 0 Å². The van der Waals surface area contributed by atoms with Crippen molar-refractivity contribution < 1.29 is 13.9 Å². The molecule has 4 heterocycles. The summed E-state index contributed by atoms with van der Waals surface area (Å²) in [5.41, 5.74) is 1.97. The van der Waals surface area contributed by atoms with Crippen molar-refractivity contribution in [1.82, 2.24) is 29.6 Å². The Labute approximate surface area is 214 Å². The third kappa shape index (κ3) is 4.15. The number of alkyl halides is 1. The van der Waals surface area contributed by atoms with Gasteiger partial charge in [-0.05, 0) is 43.9 Å². The number of anilines is 3. The maximum absolute atomic E-state index is 13.6. The molecule has 6 rings (SSSR count). The average Bonchev–Trinajstić information content (AvgIpc) is 3.70. The molecule has 2 fully saturated rings. The van der Waals surface area contributed by atoms with Crippen LogP contribution >= 0.6 is 0 Å². The van der Waals surface area contributed by atoms with E-state index < -0.39 is 6.17 Å². The molecule has 10 nitrogen and oxygen atoms in total. The van der Waals surface area contributed by atoms with Crippen molar-refractivity contribution in [2.45, 2.75) is 63.7 Å². The van der Waals surface area contributed by atoms with Gasteiger partial charge in [0.15, 0.2) is 11.6 Å². The molecule has 2 atom stereocenters. The molecule has 37 heavy (non-hydrogen) atoms. The van der Waals surface area contributed by atoms with E-state index in [9.17, 15) is 9.18 Å². The van der Waals surface area contributed by atoms with Gasteiger partial charge in [0, 0.05) is 18.2 Å². The van der Waals surface area contributed by atoms with E-state index in [2.05, 4.69) is 32.3 Å². The number of halogens is 1. The van der Waals surface area contributed by atoms with Gasteiger partial charge in [-0.15, -0.1) is 10.2 Å². The van der Waals surface area contributed by atoms with Gasteiger partial charge in [-0.1, -0.05) is 19.8 Å². The molecular formula is C26H31FN8O2. The highest BCUT2D eigenvalue weighted by atomic mass is 19.1. The van der Waals surface area contributed by atoms with Crippen LogP contribution in [0.2, 0.25) is 0 Å². The number of ether oxygens (including phenoxy) is 1. The molecule has 0 spiro atoms. The van der Waals surface area contributed by atoms with Crippen LogP contribution in [0.15, 0.2) is 30.7 Å². The minimum Gasteiger partial charge on any atom is -0.495 e. The second-order valence-electron chi connectivity index (χ2n) is 9.91. The lowest BCUT2D eigenvalue weighted by Gasteiger charge is -2.40. The largest absolute Gasteiger partial charge is 0.495 e. The van der Waals surface area contributed by atoms with Gasteiger partial charge in [0.05, 0.1) is 31.6 Å². The number of nitrogens with one attached hydrogen (secondary N) is 1. The molecule has 1 amide bonds. The number of likely N-dealkylation sites (tertiary alicyclic amines) is 1. The van der Waals surface area contributed by atoms with Gasteiger partial charge in [-0.25, -0.2) is 9.37 Å².